The zero-order chi connectivity index (χ0) is 13.8. The van der Waals surface area contributed by atoms with Crippen molar-refractivity contribution >= 4 is 22.9 Å². The molecule has 6 heteroatoms. The topological polar surface area (TPSA) is 64.2 Å². The molecule has 0 aliphatic carbocycles. The molecule has 0 saturated carbocycles. The van der Waals surface area contributed by atoms with Gasteiger partial charge in [0.1, 0.15) is 6.54 Å². The summed E-state index contributed by atoms with van der Waals surface area (Å²) in [5.74, 6) is 0.0344. The van der Waals surface area contributed by atoms with Crippen LogP contribution in [0.2, 0.25) is 0 Å². The van der Waals surface area contributed by atoms with Crippen LogP contribution in [-0.2, 0) is 17.8 Å². The van der Waals surface area contributed by atoms with Crippen molar-refractivity contribution in [1.82, 2.24) is 14.7 Å². The van der Waals surface area contributed by atoms with Gasteiger partial charge in [-0.15, -0.1) is 11.3 Å². The first-order valence-corrected chi connectivity index (χ1v) is 7.00. The van der Waals surface area contributed by atoms with Crippen LogP contribution >= 0.6 is 11.3 Å². The van der Waals surface area contributed by atoms with E-state index in [1.54, 1.807) is 33.3 Å². The third kappa shape index (κ3) is 3.57. The number of hydrogen-bond donors (Lipinski definition) is 1. The van der Waals surface area contributed by atoms with Gasteiger partial charge in [0.15, 0.2) is 0 Å². The lowest BCUT2D eigenvalue weighted by molar-refractivity contribution is -0.132. The van der Waals surface area contributed by atoms with Crippen molar-refractivity contribution < 1.29 is 4.79 Å². The number of thiophene rings is 1. The Hall–Kier alpha value is -1.82. The molecule has 1 atom stereocenters. The van der Waals surface area contributed by atoms with Crippen LogP contribution in [0.15, 0.2) is 29.9 Å². The molecule has 1 amide bonds. The van der Waals surface area contributed by atoms with Crippen LogP contribution in [0.5, 0.6) is 0 Å². The first-order chi connectivity index (χ1) is 9.06. The first kappa shape index (κ1) is 13.6. The Kier molecular flexibility index (Phi) is 4.21. The molecule has 0 radical (unpaired) electrons. The van der Waals surface area contributed by atoms with E-state index in [1.165, 1.54) is 4.88 Å². The Morgan fingerprint density at radius 1 is 1.63 bits per heavy atom. The molecule has 19 heavy (non-hydrogen) atoms. The summed E-state index contributed by atoms with van der Waals surface area (Å²) in [5.41, 5.74) is 6.15. The Morgan fingerprint density at radius 2 is 2.42 bits per heavy atom. The zero-order valence-electron chi connectivity index (χ0n) is 11.1. The Balaban J connectivity index is 1.91. The number of rotatable bonds is 5. The normalized spacial score (nSPS) is 12.3. The standard InChI is InChI=1S/C13H18N4OS/c1-10(6-12-4-3-5-19-12)16(2)13(18)9-17-8-11(14)7-15-17/h3-5,7-8,10H,6,9,14H2,1-2H3. The van der Waals surface area contributed by atoms with E-state index < -0.39 is 0 Å². The molecule has 2 aromatic heterocycles. The fraction of sp³-hybridized carbons (Fsp3) is 0.385. The molecule has 2 N–H and O–H groups in total. The van der Waals surface area contributed by atoms with Gasteiger partial charge in [0, 0.05) is 30.6 Å². The second-order valence-corrected chi connectivity index (χ2v) is 5.64. The third-order valence-electron chi connectivity index (χ3n) is 3.08. The van der Waals surface area contributed by atoms with Gasteiger partial charge in [0.2, 0.25) is 5.91 Å². The van der Waals surface area contributed by atoms with Crippen molar-refractivity contribution in [3.63, 3.8) is 0 Å². The van der Waals surface area contributed by atoms with Crippen LogP contribution in [0, 0.1) is 0 Å². The van der Waals surface area contributed by atoms with E-state index in [0.717, 1.165) is 6.42 Å². The molecule has 1 unspecified atom stereocenters. The van der Waals surface area contributed by atoms with E-state index in [4.69, 9.17) is 5.73 Å². The molecule has 0 fully saturated rings. The van der Waals surface area contributed by atoms with E-state index >= 15 is 0 Å². The molecule has 2 rings (SSSR count). The summed E-state index contributed by atoms with van der Waals surface area (Å²) in [6, 6.07) is 4.29. The van der Waals surface area contributed by atoms with E-state index in [2.05, 4.69) is 23.5 Å². The molecule has 0 bridgehead atoms. The first-order valence-electron chi connectivity index (χ1n) is 6.12. The van der Waals surface area contributed by atoms with Crippen LogP contribution in [0.3, 0.4) is 0 Å². The molecule has 0 aliphatic heterocycles. The maximum absolute atomic E-state index is 12.1. The highest BCUT2D eigenvalue weighted by atomic mass is 32.1. The van der Waals surface area contributed by atoms with Crippen molar-refractivity contribution in [3.8, 4) is 0 Å². The maximum atomic E-state index is 12.1. The van der Waals surface area contributed by atoms with Gasteiger partial charge in [-0.25, -0.2) is 0 Å². The highest BCUT2D eigenvalue weighted by Crippen LogP contribution is 2.13. The van der Waals surface area contributed by atoms with Crippen molar-refractivity contribution in [2.24, 2.45) is 0 Å². The molecule has 2 heterocycles. The van der Waals surface area contributed by atoms with Gasteiger partial charge < -0.3 is 10.6 Å². The fourth-order valence-electron chi connectivity index (χ4n) is 1.82. The molecule has 2 aromatic rings. The summed E-state index contributed by atoms with van der Waals surface area (Å²) >= 11 is 1.72. The van der Waals surface area contributed by atoms with Gasteiger partial charge >= 0.3 is 0 Å². The predicted molar refractivity (Wildman–Crippen MR) is 76.9 cm³/mol. The number of carbonyl (C=O) groups excluding carboxylic acids is 1. The third-order valence-corrected chi connectivity index (χ3v) is 3.98. The van der Waals surface area contributed by atoms with Gasteiger partial charge in [-0.05, 0) is 18.4 Å². The van der Waals surface area contributed by atoms with Crippen LogP contribution in [0.1, 0.15) is 11.8 Å². The van der Waals surface area contributed by atoms with Crippen molar-refractivity contribution in [2.45, 2.75) is 25.9 Å². The minimum atomic E-state index is 0.0344. The minimum Gasteiger partial charge on any atom is -0.396 e. The highest BCUT2D eigenvalue weighted by molar-refractivity contribution is 7.09. The number of anilines is 1. The molecular formula is C13H18N4OS. The molecule has 0 spiro atoms. The Morgan fingerprint density at radius 3 is 3.00 bits per heavy atom. The van der Waals surface area contributed by atoms with E-state index in [0.29, 0.717) is 5.69 Å². The second kappa shape index (κ2) is 5.88. The average molecular weight is 278 g/mol. The number of nitrogens with zero attached hydrogens (tertiary/aromatic N) is 3. The summed E-state index contributed by atoms with van der Waals surface area (Å²) in [4.78, 5) is 15.2. The lowest BCUT2D eigenvalue weighted by Crippen LogP contribution is -2.38. The summed E-state index contributed by atoms with van der Waals surface area (Å²) in [6.07, 6.45) is 4.08. The van der Waals surface area contributed by atoms with E-state index in [9.17, 15) is 4.79 Å². The monoisotopic (exact) mass is 278 g/mol. The Bertz CT molecular complexity index is 535. The number of nitrogens with two attached hydrogens (primary N) is 1. The SMILES string of the molecule is CC(Cc1cccs1)N(C)C(=O)Cn1cc(N)cn1. The number of amides is 1. The Labute approximate surface area is 116 Å². The van der Waals surface area contributed by atoms with Crippen LogP contribution in [0.25, 0.3) is 0 Å². The number of hydrogen-bond acceptors (Lipinski definition) is 4. The van der Waals surface area contributed by atoms with E-state index in [1.807, 2.05) is 13.1 Å². The van der Waals surface area contributed by atoms with Gasteiger partial charge in [-0.3, -0.25) is 9.48 Å². The summed E-state index contributed by atoms with van der Waals surface area (Å²) in [5, 5.41) is 6.07. The average Bonchev–Trinajstić information content (AvgIpc) is 3.00. The van der Waals surface area contributed by atoms with Gasteiger partial charge in [0.25, 0.3) is 0 Å². The van der Waals surface area contributed by atoms with Crippen LogP contribution in [0.4, 0.5) is 5.69 Å². The van der Waals surface area contributed by atoms with Crippen LogP contribution in [-0.4, -0.2) is 33.7 Å². The minimum absolute atomic E-state index is 0.0344. The molecular weight excluding hydrogens is 260 g/mol. The zero-order valence-corrected chi connectivity index (χ0v) is 11.9. The number of nitrogen functional groups attached to an aromatic ring is 1. The fourth-order valence-corrected chi connectivity index (χ4v) is 2.65. The van der Waals surface area contributed by atoms with Crippen molar-refractivity contribution in [1.29, 1.82) is 0 Å². The molecule has 5 nitrogen and oxygen atoms in total. The smallest absolute Gasteiger partial charge is 0.244 e. The van der Waals surface area contributed by atoms with Gasteiger partial charge in [-0.2, -0.15) is 5.10 Å². The number of aromatic nitrogens is 2. The summed E-state index contributed by atoms with van der Waals surface area (Å²) < 4.78 is 1.56. The highest BCUT2D eigenvalue weighted by Gasteiger charge is 2.17. The maximum Gasteiger partial charge on any atom is 0.244 e. The lowest BCUT2D eigenvalue weighted by atomic mass is 10.2. The van der Waals surface area contributed by atoms with E-state index in [-0.39, 0.29) is 18.5 Å². The molecule has 0 saturated heterocycles. The molecule has 102 valence electrons. The van der Waals surface area contributed by atoms with Gasteiger partial charge in [0.05, 0.1) is 11.9 Å². The molecule has 0 aliphatic rings. The number of carbonyl (C=O) groups is 1. The van der Waals surface area contributed by atoms with Crippen LogP contribution < -0.4 is 5.73 Å². The lowest BCUT2D eigenvalue weighted by Gasteiger charge is -2.24. The largest absolute Gasteiger partial charge is 0.396 e. The van der Waals surface area contributed by atoms with Crippen molar-refractivity contribution in [2.75, 3.05) is 12.8 Å². The van der Waals surface area contributed by atoms with Gasteiger partial charge in [-0.1, -0.05) is 6.07 Å². The predicted octanol–water partition coefficient (Wildman–Crippen LogP) is 1.62. The quantitative estimate of drug-likeness (QED) is 0.904. The van der Waals surface area contributed by atoms with Crippen molar-refractivity contribution in [3.05, 3.63) is 34.8 Å². The summed E-state index contributed by atoms with van der Waals surface area (Å²) in [6.45, 7) is 2.28. The summed E-state index contributed by atoms with van der Waals surface area (Å²) in [7, 11) is 1.83. The molecule has 0 aromatic carbocycles. The number of likely N-dealkylation sites (N-methyl/N-ethyl adjacent to an activating group) is 1. The second-order valence-electron chi connectivity index (χ2n) is 4.61.